The van der Waals surface area contributed by atoms with E-state index in [0.29, 0.717) is 17.0 Å². The molecule has 2 aromatic rings. The molecule has 3 rings (SSSR count). The molecule has 0 aromatic heterocycles. The summed E-state index contributed by atoms with van der Waals surface area (Å²) in [6, 6.07) is 11.9. The maximum absolute atomic E-state index is 13.6. The van der Waals surface area contributed by atoms with Crippen LogP contribution in [0.3, 0.4) is 0 Å². The van der Waals surface area contributed by atoms with Gasteiger partial charge in [0.05, 0.1) is 36.6 Å². The van der Waals surface area contributed by atoms with Gasteiger partial charge >= 0.3 is 5.97 Å². The summed E-state index contributed by atoms with van der Waals surface area (Å²) in [4.78, 5) is 26.6. The van der Waals surface area contributed by atoms with Crippen molar-refractivity contribution >= 4 is 17.6 Å². The van der Waals surface area contributed by atoms with E-state index in [4.69, 9.17) is 14.2 Å². The lowest BCUT2D eigenvalue weighted by Gasteiger charge is -2.26. The Morgan fingerprint density at radius 1 is 1.19 bits per heavy atom. The molecule has 8 nitrogen and oxygen atoms in total. The first kappa shape index (κ1) is 22.1. The van der Waals surface area contributed by atoms with E-state index in [1.807, 2.05) is 20.8 Å². The standard InChI is InChI=1S/C23H24N2O6/c1-23(2,3)30-11-10-25-16-12-15(13-24)8-9-17(16)31-19-7-5-6-18(21(19)22(25)27)29-14-20(26)28-4/h5-9,12H,10-11,14H2,1-4H3. The zero-order valence-electron chi connectivity index (χ0n) is 17.9. The van der Waals surface area contributed by atoms with Crippen LogP contribution < -0.4 is 14.4 Å². The van der Waals surface area contributed by atoms with Crippen molar-refractivity contribution in [2.24, 2.45) is 0 Å². The van der Waals surface area contributed by atoms with Crippen molar-refractivity contribution in [1.82, 2.24) is 0 Å². The minimum Gasteiger partial charge on any atom is -0.481 e. The lowest BCUT2D eigenvalue weighted by atomic mass is 10.1. The summed E-state index contributed by atoms with van der Waals surface area (Å²) in [5, 5.41) is 9.32. The van der Waals surface area contributed by atoms with Crippen molar-refractivity contribution in [2.45, 2.75) is 26.4 Å². The topological polar surface area (TPSA) is 98.1 Å². The van der Waals surface area contributed by atoms with Crippen LogP contribution in [-0.2, 0) is 14.3 Å². The maximum Gasteiger partial charge on any atom is 0.343 e. The number of ether oxygens (including phenoxy) is 4. The third-order valence-corrected chi connectivity index (χ3v) is 4.47. The average Bonchev–Trinajstić information content (AvgIpc) is 2.85. The van der Waals surface area contributed by atoms with E-state index in [-0.39, 0.29) is 48.3 Å². The van der Waals surface area contributed by atoms with Gasteiger partial charge in [-0.15, -0.1) is 0 Å². The second-order valence-electron chi connectivity index (χ2n) is 7.81. The van der Waals surface area contributed by atoms with Crippen molar-refractivity contribution in [3.8, 4) is 23.3 Å². The number of nitrogens with zero attached hydrogens (tertiary/aromatic N) is 2. The molecule has 0 unspecified atom stereocenters. The minimum atomic E-state index is -0.572. The van der Waals surface area contributed by atoms with E-state index in [9.17, 15) is 14.9 Å². The summed E-state index contributed by atoms with van der Waals surface area (Å²) >= 11 is 0. The fourth-order valence-electron chi connectivity index (χ4n) is 3.03. The van der Waals surface area contributed by atoms with Crippen molar-refractivity contribution in [2.75, 3.05) is 31.8 Å². The van der Waals surface area contributed by atoms with Gasteiger partial charge < -0.3 is 23.8 Å². The van der Waals surface area contributed by atoms with Crippen LogP contribution in [0, 0.1) is 11.3 Å². The number of hydrogen-bond acceptors (Lipinski definition) is 7. The Bertz CT molecular complexity index is 1040. The number of benzene rings is 2. The number of carbonyl (C=O) groups excluding carboxylic acids is 2. The van der Waals surface area contributed by atoms with E-state index in [0.717, 1.165) is 0 Å². The molecule has 0 atom stereocenters. The van der Waals surface area contributed by atoms with E-state index < -0.39 is 5.97 Å². The Kier molecular flexibility index (Phi) is 6.47. The molecule has 0 saturated carbocycles. The molecule has 0 aliphatic carbocycles. The Morgan fingerprint density at radius 2 is 1.97 bits per heavy atom. The molecule has 8 heteroatoms. The van der Waals surface area contributed by atoms with E-state index >= 15 is 0 Å². The van der Waals surface area contributed by atoms with Gasteiger partial charge in [-0.25, -0.2) is 4.79 Å². The third-order valence-electron chi connectivity index (χ3n) is 4.47. The summed E-state index contributed by atoms with van der Waals surface area (Å²) < 4.78 is 22.0. The van der Waals surface area contributed by atoms with Crippen LogP contribution >= 0.6 is 0 Å². The van der Waals surface area contributed by atoms with Gasteiger partial charge in [-0.3, -0.25) is 4.79 Å². The molecule has 2 aromatic carbocycles. The lowest BCUT2D eigenvalue weighted by Crippen LogP contribution is -2.35. The molecule has 1 aliphatic heterocycles. The number of fused-ring (bicyclic) bond motifs is 2. The zero-order chi connectivity index (χ0) is 22.6. The first-order valence-electron chi connectivity index (χ1n) is 9.74. The molecular weight excluding hydrogens is 400 g/mol. The van der Waals surface area contributed by atoms with Crippen LogP contribution in [0.5, 0.6) is 17.2 Å². The van der Waals surface area contributed by atoms with Gasteiger partial charge in [0.1, 0.15) is 17.1 Å². The molecule has 162 valence electrons. The van der Waals surface area contributed by atoms with Crippen molar-refractivity contribution in [3.63, 3.8) is 0 Å². The molecule has 31 heavy (non-hydrogen) atoms. The minimum absolute atomic E-state index is 0.178. The van der Waals surface area contributed by atoms with E-state index in [1.165, 1.54) is 12.0 Å². The summed E-state index contributed by atoms with van der Waals surface area (Å²) in [6.45, 7) is 5.93. The summed E-state index contributed by atoms with van der Waals surface area (Å²) in [5.74, 6) is -0.0497. The summed E-state index contributed by atoms with van der Waals surface area (Å²) in [7, 11) is 1.26. The van der Waals surface area contributed by atoms with Gasteiger partial charge in [-0.05, 0) is 51.1 Å². The molecular formula is C23H24N2O6. The number of nitriles is 1. The molecule has 1 heterocycles. The van der Waals surface area contributed by atoms with E-state index in [1.54, 1.807) is 36.4 Å². The third kappa shape index (κ3) is 5.13. The number of amides is 1. The smallest absolute Gasteiger partial charge is 0.343 e. The van der Waals surface area contributed by atoms with Gasteiger partial charge in [-0.2, -0.15) is 5.26 Å². The Hall–Kier alpha value is -3.57. The molecule has 0 fully saturated rings. The monoisotopic (exact) mass is 424 g/mol. The van der Waals surface area contributed by atoms with Gasteiger partial charge in [0, 0.05) is 6.54 Å². The molecule has 0 radical (unpaired) electrons. The predicted octanol–water partition coefficient (Wildman–Crippen LogP) is 3.68. The highest BCUT2D eigenvalue weighted by atomic mass is 16.6. The fourth-order valence-corrected chi connectivity index (χ4v) is 3.03. The summed E-state index contributed by atoms with van der Waals surface area (Å²) in [5.41, 5.74) is 0.647. The number of hydrogen-bond donors (Lipinski definition) is 0. The predicted molar refractivity (Wildman–Crippen MR) is 113 cm³/mol. The van der Waals surface area contributed by atoms with Crippen LogP contribution in [0.25, 0.3) is 0 Å². The Labute approximate surface area is 180 Å². The van der Waals surface area contributed by atoms with Gasteiger partial charge in [-0.1, -0.05) is 6.07 Å². The van der Waals surface area contributed by atoms with E-state index in [2.05, 4.69) is 10.8 Å². The fraction of sp³-hybridized carbons (Fsp3) is 0.348. The molecule has 1 aliphatic rings. The van der Waals surface area contributed by atoms with Crippen molar-refractivity contribution < 1.29 is 28.5 Å². The average molecular weight is 424 g/mol. The van der Waals surface area contributed by atoms with Crippen LogP contribution in [0.2, 0.25) is 0 Å². The highest BCUT2D eigenvalue weighted by Crippen LogP contribution is 2.42. The van der Waals surface area contributed by atoms with Crippen LogP contribution in [0.15, 0.2) is 36.4 Å². The number of methoxy groups -OCH3 is 1. The van der Waals surface area contributed by atoms with Gasteiger partial charge in [0.25, 0.3) is 5.91 Å². The number of esters is 1. The van der Waals surface area contributed by atoms with Crippen LogP contribution in [0.4, 0.5) is 5.69 Å². The highest BCUT2D eigenvalue weighted by Gasteiger charge is 2.32. The number of carbonyl (C=O) groups is 2. The largest absolute Gasteiger partial charge is 0.481 e. The first-order valence-corrected chi connectivity index (χ1v) is 9.74. The normalized spacial score (nSPS) is 12.7. The molecule has 0 spiro atoms. The second-order valence-corrected chi connectivity index (χ2v) is 7.81. The first-order chi connectivity index (χ1) is 14.7. The number of rotatable bonds is 6. The highest BCUT2D eigenvalue weighted by molar-refractivity contribution is 6.11. The number of anilines is 1. The molecule has 1 amide bonds. The van der Waals surface area contributed by atoms with Crippen LogP contribution in [-0.4, -0.2) is 44.3 Å². The van der Waals surface area contributed by atoms with Gasteiger partial charge in [0.15, 0.2) is 12.4 Å². The second kappa shape index (κ2) is 9.06. The Morgan fingerprint density at radius 3 is 2.65 bits per heavy atom. The quantitative estimate of drug-likeness (QED) is 0.653. The van der Waals surface area contributed by atoms with Crippen molar-refractivity contribution in [1.29, 1.82) is 5.26 Å². The summed E-state index contributed by atoms with van der Waals surface area (Å²) in [6.07, 6.45) is 0. The van der Waals surface area contributed by atoms with Gasteiger partial charge in [0.2, 0.25) is 0 Å². The lowest BCUT2D eigenvalue weighted by molar-refractivity contribution is -0.142. The molecule has 0 saturated heterocycles. The Balaban J connectivity index is 2.03. The maximum atomic E-state index is 13.6. The molecule has 0 N–H and O–H groups in total. The van der Waals surface area contributed by atoms with Crippen molar-refractivity contribution in [3.05, 3.63) is 47.5 Å². The zero-order valence-corrected chi connectivity index (χ0v) is 17.9. The molecule has 0 bridgehead atoms. The van der Waals surface area contributed by atoms with Crippen LogP contribution in [0.1, 0.15) is 36.7 Å². The SMILES string of the molecule is COC(=O)COc1cccc2c1C(=O)N(CCOC(C)(C)C)c1cc(C#N)ccc1O2.